The highest BCUT2D eigenvalue weighted by Crippen LogP contribution is 2.26. The van der Waals surface area contributed by atoms with Crippen molar-refractivity contribution in [2.24, 2.45) is 5.73 Å². The number of primary amides is 1. The molecule has 8 heteroatoms. The van der Waals surface area contributed by atoms with E-state index in [9.17, 15) is 9.59 Å². The second-order valence-electron chi connectivity index (χ2n) is 4.90. The molecule has 2 aromatic rings. The zero-order valence-corrected chi connectivity index (χ0v) is 15.7. The van der Waals surface area contributed by atoms with Gasteiger partial charge in [-0.15, -0.1) is 0 Å². The van der Waals surface area contributed by atoms with Crippen molar-refractivity contribution in [3.63, 3.8) is 0 Å². The Morgan fingerprint density at radius 2 is 1.96 bits per heavy atom. The molecule has 2 aromatic carbocycles. The van der Waals surface area contributed by atoms with Crippen molar-refractivity contribution in [1.29, 1.82) is 0 Å². The van der Waals surface area contributed by atoms with E-state index >= 15 is 0 Å². The summed E-state index contributed by atoms with van der Waals surface area (Å²) in [6.45, 7) is 2.40. The van der Waals surface area contributed by atoms with E-state index in [0.29, 0.717) is 28.1 Å². The molecule has 6 nitrogen and oxygen atoms in total. The predicted molar refractivity (Wildman–Crippen MR) is 104 cm³/mol. The van der Waals surface area contributed by atoms with E-state index in [-0.39, 0.29) is 10.7 Å². The predicted octanol–water partition coefficient (Wildman–Crippen LogP) is 3.07. The number of halogens is 1. The van der Waals surface area contributed by atoms with E-state index in [0.717, 1.165) is 0 Å². The largest absolute Gasteiger partial charge is 0.493 e. The molecule has 2 rings (SSSR count). The molecule has 0 aliphatic rings. The molecular weight excluding hydrogens is 406 g/mol. The van der Waals surface area contributed by atoms with E-state index in [2.05, 4.69) is 26.6 Å². The lowest BCUT2D eigenvalue weighted by molar-refractivity contribution is 0.0975. The van der Waals surface area contributed by atoms with E-state index < -0.39 is 11.8 Å². The number of amides is 2. The molecule has 4 N–H and O–H groups in total. The van der Waals surface area contributed by atoms with E-state index in [1.165, 1.54) is 0 Å². The molecule has 0 aliphatic carbocycles. The number of benzene rings is 2. The molecule has 25 heavy (non-hydrogen) atoms. The van der Waals surface area contributed by atoms with E-state index in [4.69, 9.17) is 22.7 Å². The zero-order valence-electron chi connectivity index (χ0n) is 13.3. The monoisotopic (exact) mass is 421 g/mol. The average Bonchev–Trinajstić information content (AvgIpc) is 2.57. The molecule has 0 heterocycles. The highest BCUT2D eigenvalue weighted by molar-refractivity contribution is 9.10. The number of anilines is 1. The van der Waals surface area contributed by atoms with Crippen LogP contribution in [-0.4, -0.2) is 23.5 Å². The van der Waals surface area contributed by atoms with Crippen LogP contribution in [0, 0.1) is 0 Å². The Bertz CT molecular complexity index is 827. The molecule has 0 saturated heterocycles. The minimum atomic E-state index is -0.590. The average molecular weight is 422 g/mol. The zero-order chi connectivity index (χ0) is 18.4. The maximum atomic E-state index is 12.3. The number of hydrogen-bond acceptors (Lipinski definition) is 4. The van der Waals surface area contributed by atoms with E-state index in [1.807, 2.05) is 6.92 Å². The van der Waals surface area contributed by atoms with Gasteiger partial charge in [0, 0.05) is 5.56 Å². The Hall–Kier alpha value is -2.45. The maximum Gasteiger partial charge on any atom is 0.257 e. The maximum absolute atomic E-state index is 12.3. The molecule has 0 bridgehead atoms. The smallest absolute Gasteiger partial charge is 0.257 e. The summed E-state index contributed by atoms with van der Waals surface area (Å²) in [4.78, 5) is 23.7. The fourth-order valence-corrected chi connectivity index (χ4v) is 2.75. The number of hydrogen-bond donors (Lipinski definition) is 3. The van der Waals surface area contributed by atoms with Gasteiger partial charge in [-0.3, -0.25) is 14.9 Å². The van der Waals surface area contributed by atoms with Gasteiger partial charge in [-0.2, -0.15) is 0 Å². The second-order valence-corrected chi connectivity index (χ2v) is 6.16. The molecule has 130 valence electrons. The van der Waals surface area contributed by atoms with Gasteiger partial charge in [-0.05, 0) is 65.4 Å². The minimum absolute atomic E-state index is 0.0590. The van der Waals surface area contributed by atoms with Crippen LogP contribution in [0.4, 0.5) is 5.69 Å². The normalized spacial score (nSPS) is 10.0. The van der Waals surface area contributed by atoms with Crippen LogP contribution in [0.1, 0.15) is 27.6 Å². The van der Waals surface area contributed by atoms with Crippen molar-refractivity contribution < 1.29 is 14.3 Å². The summed E-state index contributed by atoms with van der Waals surface area (Å²) < 4.78 is 6.07. The van der Waals surface area contributed by atoms with Crippen molar-refractivity contribution in [2.45, 2.75) is 6.92 Å². The molecule has 0 aliphatic heterocycles. The summed E-state index contributed by atoms with van der Waals surface area (Å²) in [7, 11) is 0. The quantitative estimate of drug-likeness (QED) is 0.644. The van der Waals surface area contributed by atoms with Gasteiger partial charge in [0.05, 0.1) is 22.3 Å². The lowest BCUT2D eigenvalue weighted by atomic mass is 10.1. The summed E-state index contributed by atoms with van der Waals surface area (Å²) in [5, 5.41) is 5.42. The number of nitrogens with two attached hydrogens (primary N) is 1. The first-order chi connectivity index (χ1) is 11.9. The molecule has 2 amide bonds. The second kappa shape index (κ2) is 8.59. The highest BCUT2D eigenvalue weighted by Gasteiger charge is 2.13. The molecule has 0 aromatic heterocycles. The van der Waals surface area contributed by atoms with Crippen LogP contribution >= 0.6 is 28.1 Å². The summed E-state index contributed by atoms with van der Waals surface area (Å²) in [5.74, 6) is -0.333. The topological polar surface area (TPSA) is 93.4 Å². The molecule has 0 fully saturated rings. The number of carbonyl (C=O) groups is 2. The van der Waals surface area contributed by atoms with Gasteiger partial charge in [-0.25, -0.2) is 0 Å². The third-order valence-corrected chi connectivity index (χ3v) is 3.99. The Balaban J connectivity index is 2.07. The minimum Gasteiger partial charge on any atom is -0.493 e. The number of thiocarbonyl (C=S) groups is 1. The van der Waals surface area contributed by atoms with Crippen molar-refractivity contribution in [3.8, 4) is 5.75 Å². The number of rotatable bonds is 5. The Kier molecular flexibility index (Phi) is 6.49. The fraction of sp³-hybridized carbons (Fsp3) is 0.118. The lowest BCUT2D eigenvalue weighted by Crippen LogP contribution is -2.34. The highest BCUT2D eigenvalue weighted by atomic mass is 79.9. The van der Waals surface area contributed by atoms with Crippen LogP contribution < -0.4 is 21.1 Å². The fourth-order valence-electron chi connectivity index (χ4n) is 2.05. The number of carbonyl (C=O) groups excluding carboxylic acids is 2. The molecular formula is C17H16BrN3O3S. The number of ether oxygens (including phenoxy) is 1. The van der Waals surface area contributed by atoms with Crippen molar-refractivity contribution >= 4 is 50.8 Å². The third kappa shape index (κ3) is 5.01. The first-order valence-corrected chi connectivity index (χ1v) is 8.56. The van der Waals surface area contributed by atoms with Gasteiger partial charge < -0.3 is 15.8 Å². The number of nitrogens with one attached hydrogen (secondary N) is 2. The van der Waals surface area contributed by atoms with Gasteiger partial charge >= 0.3 is 0 Å². The SMILES string of the molecule is CCOc1ccc(C(=O)NC(=S)Nc2ccccc2C(N)=O)cc1Br. The van der Waals surface area contributed by atoms with Gasteiger partial charge in [-0.1, -0.05) is 12.1 Å². The summed E-state index contributed by atoms with van der Waals surface area (Å²) in [6.07, 6.45) is 0. The van der Waals surface area contributed by atoms with Crippen LogP contribution in [0.3, 0.4) is 0 Å². The first-order valence-electron chi connectivity index (χ1n) is 7.36. The molecule has 0 saturated carbocycles. The molecule has 0 atom stereocenters. The summed E-state index contributed by atoms with van der Waals surface area (Å²) in [5.41, 5.74) is 6.42. The van der Waals surface area contributed by atoms with Crippen molar-refractivity contribution in [3.05, 3.63) is 58.1 Å². The van der Waals surface area contributed by atoms with Gasteiger partial charge in [0.15, 0.2) is 5.11 Å². The molecule has 0 spiro atoms. The van der Waals surface area contributed by atoms with Crippen LogP contribution in [0.25, 0.3) is 0 Å². The first kappa shape index (κ1) is 18.9. The van der Waals surface area contributed by atoms with Crippen molar-refractivity contribution in [2.75, 3.05) is 11.9 Å². The summed E-state index contributed by atoms with van der Waals surface area (Å²) >= 11 is 8.48. The summed E-state index contributed by atoms with van der Waals surface area (Å²) in [6, 6.07) is 11.6. The van der Waals surface area contributed by atoms with Crippen LogP contribution in [-0.2, 0) is 0 Å². The van der Waals surface area contributed by atoms with E-state index in [1.54, 1.807) is 42.5 Å². The Morgan fingerprint density at radius 3 is 2.60 bits per heavy atom. The van der Waals surface area contributed by atoms with Gasteiger partial charge in [0.25, 0.3) is 11.8 Å². The Morgan fingerprint density at radius 1 is 1.24 bits per heavy atom. The number of para-hydroxylation sites is 1. The standard InChI is InChI=1S/C17H16BrN3O3S/c1-2-24-14-8-7-10(9-12(14)18)16(23)21-17(25)20-13-6-4-3-5-11(13)15(19)22/h3-9H,2H2,1H3,(H2,19,22)(H2,20,21,23,25). The van der Waals surface area contributed by atoms with Crippen molar-refractivity contribution in [1.82, 2.24) is 5.32 Å². The third-order valence-electron chi connectivity index (χ3n) is 3.16. The van der Waals surface area contributed by atoms with Crippen LogP contribution in [0.5, 0.6) is 5.75 Å². The van der Waals surface area contributed by atoms with Gasteiger partial charge in [0.2, 0.25) is 0 Å². The molecule has 0 radical (unpaired) electrons. The Labute approximate surface area is 158 Å². The lowest BCUT2D eigenvalue weighted by Gasteiger charge is -2.12. The molecule has 0 unspecified atom stereocenters. The van der Waals surface area contributed by atoms with Crippen LogP contribution in [0.2, 0.25) is 0 Å². The van der Waals surface area contributed by atoms with Gasteiger partial charge in [0.1, 0.15) is 5.75 Å². The van der Waals surface area contributed by atoms with Crippen LogP contribution in [0.15, 0.2) is 46.9 Å².